The Morgan fingerprint density at radius 2 is 2.08 bits per heavy atom. The number of halogens is 1. The Bertz CT molecular complexity index is 949. The normalized spacial score (nSPS) is 12.7. The molecule has 2 aromatic carbocycles. The molecule has 0 saturated carbocycles. The highest BCUT2D eigenvalue weighted by Gasteiger charge is 2.14. The predicted octanol–water partition coefficient (Wildman–Crippen LogP) is 4.86. The highest BCUT2D eigenvalue weighted by molar-refractivity contribution is 14.1. The van der Waals surface area contributed by atoms with Crippen molar-refractivity contribution in [3.8, 4) is 17.2 Å². The van der Waals surface area contributed by atoms with Crippen LogP contribution in [0.5, 0.6) is 0 Å². The first-order valence-electron chi connectivity index (χ1n) is 8.09. The minimum absolute atomic E-state index is 0.136. The molecule has 1 aromatic heterocycles. The Kier molecular flexibility index (Phi) is 6.41. The molecule has 0 fully saturated rings. The van der Waals surface area contributed by atoms with Crippen LogP contribution in [-0.4, -0.2) is 15.0 Å². The van der Waals surface area contributed by atoms with E-state index in [2.05, 4.69) is 64.1 Å². The topological polar surface area (TPSA) is 84.3 Å². The number of nitrogens with two attached hydrogens (primary N) is 1. The van der Waals surface area contributed by atoms with Crippen LogP contribution < -0.4 is 5.84 Å². The van der Waals surface area contributed by atoms with Gasteiger partial charge in [-0.1, -0.05) is 36.4 Å². The third kappa shape index (κ3) is 4.71. The first-order valence-corrected chi connectivity index (χ1v) is 10.1. The number of fused-ring (bicyclic) bond motifs is 1. The van der Waals surface area contributed by atoms with Crippen molar-refractivity contribution in [3.63, 3.8) is 0 Å². The Morgan fingerprint density at radius 3 is 2.81 bits per heavy atom. The van der Waals surface area contributed by atoms with Crippen molar-refractivity contribution < 1.29 is 4.74 Å². The van der Waals surface area contributed by atoms with Crippen LogP contribution in [0.3, 0.4) is 0 Å². The van der Waals surface area contributed by atoms with E-state index < -0.39 is 0 Å². The fourth-order valence-electron chi connectivity index (χ4n) is 2.51. The van der Waals surface area contributed by atoms with Crippen LogP contribution in [-0.2, 0) is 11.2 Å². The number of hydrogen-bond acceptors (Lipinski definition) is 6. The van der Waals surface area contributed by atoms with E-state index in [1.165, 1.54) is 11.1 Å². The van der Waals surface area contributed by atoms with Crippen molar-refractivity contribution in [1.29, 1.82) is 5.26 Å². The number of alkyl halides is 1. The lowest BCUT2D eigenvalue weighted by molar-refractivity contribution is 0.280. The second-order valence-corrected chi connectivity index (χ2v) is 8.07. The zero-order valence-corrected chi connectivity index (χ0v) is 16.9. The third-order valence-corrected chi connectivity index (χ3v) is 5.47. The van der Waals surface area contributed by atoms with E-state index in [0.717, 1.165) is 15.2 Å². The molecule has 26 heavy (non-hydrogen) atoms. The van der Waals surface area contributed by atoms with Crippen molar-refractivity contribution in [3.05, 3.63) is 53.5 Å². The molecule has 1 unspecified atom stereocenters. The molecular weight excluding hydrogens is 459 g/mol. The lowest BCUT2D eigenvalue weighted by Gasteiger charge is -2.12. The van der Waals surface area contributed by atoms with E-state index in [9.17, 15) is 0 Å². The molecule has 0 spiro atoms. The Hall–Kier alpha value is -2.18. The predicted molar refractivity (Wildman–Crippen MR) is 114 cm³/mol. The Morgan fingerprint density at radius 1 is 1.27 bits per heavy atom. The fraction of sp³-hybridized carbons (Fsp3) is 0.211. The van der Waals surface area contributed by atoms with Crippen LogP contribution in [0.25, 0.3) is 21.3 Å². The van der Waals surface area contributed by atoms with Crippen LogP contribution in [0, 0.1) is 11.3 Å². The number of rotatable bonds is 6. The molecule has 0 aliphatic carbocycles. The summed E-state index contributed by atoms with van der Waals surface area (Å²) in [6.45, 7) is 0. The molecule has 0 aliphatic heterocycles. The molecule has 1 atom stereocenters. The molecule has 0 aliphatic rings. The van der Waals surface area contributed by atoms with Gasteiger partial charge in [-0.2, -0.15) is 5.26 Å². The fourth-order valence-corrected chi connectivity index (χ4v) is 4.56. The molecule has 0 radical (unpaired) electrons. The molecule has 7 heteroatoms. The number of nitriles is 1. The van der Waals surface area contributed by atoms with Gasteiger partial charge in [0.05, 0.1) is 21.3 Å². The smallest absolute Gasteiger partial charge is 0.207 e. The monoisotopic (exact) mass is 476 g/mol. The maximum atomic E-state index is 8.65. The summed E-state index contributed by atoms with van der Waals surface area (Å²) in [6, 6.07) is 18.7. The number of hydrogen-bond donors (Lipinski definition) is 1. The number of thiazole rings is 1. The van der Waals surface area contributed by atoms with Gasteiger partial charge in [0.1, 0.15) is 0 Å². The number of hydrazone groups is 1. The van der Waals surface area contributed by atoms with Gasteiger partial charge in [-0.25, -0.2) is 4.98 Å². The molecule has 3 aromatic rings. The second kappa shape index (κ2) is 8.96. The quantitative estimate of drug-likeness (QED) is 0.138. The minimum Gasteiger partial charge on any atom is -0.465 e. The largest absolute Gasteiger partial charge is 0.465 e. The number of benzene rings is 2. The first kappa shape index (κ1) is 18.6. The summed E-state index contributed by atoms with van der Waals surface area (Å²) in [4.78, 5) is 4.69. The van der Waals surface area contributed by atoms with Crippen LogP contribution in [0.1, 0.15) is 17.8 Å². The van der Waals surface area contributed by atoms with Gasteiger partial charge in [0.15, 0.2) is 4.11 Å². The van der Waals surface area contributed by atoms with Crippen LogP contribution in [0.4, 0.5) is 0 Å². The summed E-state index contributed by atoms with van der Waals surface area (Å²) < 4.78 is 6.74. The minimum atomic E-state index is -0.136. The molecule has 132 valence electrons. The lowest BCUT2D eigenvalue weighted by atomic mass is 10.1. The SMILES string of the molecule is N#CCC/C(=N/N)OC(I)Cc1nc2ccc(-c3ccccc3)cc2s1. The maximum absolute atomic E-state index is 8.65. The summed E-state index contributed by atoms with van der Waals surface area (Å²) >= 11 is 3.87. The van der Waals surface area contributed by atoms with Crippen molar-refractivity contribution in [2.45, 2.75) is 23.4 Å². The molecule has 5 nitrogen and oxygen atoms in total. The number of ether oxygens (including phenoxy) is 1. The van der Waals surface area contributed by atoms with Gasteiger partial charge < -0.3 is 10.6 Å². The van der Waals surface area contributed by atoms with Crippen molar-refractivity contribution in [1.82, 2.24) is 4.98 Å². The Labute approximate surface area is 169 Å². The molecule has 0 saturated heterocycles. The second-order valence-electron chi connectivity index (χ2n) is 5.57. The lowest BCUT2D eigenvalue weighted by Crippen LogP contribution is -2.16. The molecule has 3 rings (SSSR count). The number of nitrogens with zero attached hydrogens (tertiary/aromatic N) is 3. The summed E-state index contributed by atoms with van der Waals surface area (Å²) in [7, 11) is 0. The van der Waals surface area contributed by atoms with Gasteiger partial charge >= 0.3 is 0 Å². The average molecular weight is 476 g/mol. The molecule has 0 amide bonds. The van der Waals surface area contributed by atoms with E-state index >= 15 is 0 Å². The van der Waals surface area contributed by atoms with E-state index in [-0.39, 0.29) is 4.11 Å². The summed E-state index contributed by atoms with van der Waals surface area (Å²) in [5.41, 5.74) is 3.37. The zero-order chi connectivity index (χ0) is 18.4. The van der Waals surface area contributed by atoms with Crippen LogP contribution >= 0.6 is 33.9 Å². The van der Waals surface area contributed by atoms with E-state index in [1.54, 1.807) is 11.3 Å². The van der Waals surface area contributed by atoms with Gasteiger partial charge in [-0.15, -0.1) is 16.4 Å². The highest BCUT2D eigenvalue weighted by atomic mass is 127. The zero-order valence-electron chi connectivity index (χ0n) is 13.9. The summed E-state index contributed by atoms with van der Waals surface area (Å²) in [5.74, 6) is 5.73. The molecular formula is C19H17IN4OS. The van der Waals surface area contributed by atoms with Crippen LogP contribution in [0.15, 0.2) is 53.6 Å². The van der Waals surface area contributed by atoms with Gasteiger partial charge in [0.2, 0.25) is 5.90 Å². The summed E-state index contributed by atoms with van der Waals surface area (Å²) in [5, 5.41) is 13.3. The molecule has 1 heterocycles. The van der Waals surface area contributed by atoms with Gasteiger partial charge in [0.25, 0.3) is 0 Å². The van der Waals surface area contributed by atoms with Crippen molar-refractivity contribution in [2.24, 2.45) is 10.9 Å². The molecule has 0 bridgehead atoms. The highest BCUT2D eigenvalue weighted by Crippen LogP contribution is 2.29. The van der Waals surface area contributed by atoms with E-state index in [1.807, 2.05) is 18.2 Å². The third-order valence-electron chi connectivity index (χ3n) is 3.73. The van der Waals surface area contributed by atoms with Crippen molar-refractivity contribution in [2.75, 3.05) is 0 Å². The summed E-state index contributed by atoms with van der Waals surface area (Å²) in [6.07, 6.45) is 1.42. The van der Waals surface area contributed by atoms with Gasteiger partial charge in [0, 0.05) is 19.3 Å². The van der Waals surface area contributed by atoms with Gasteiger partial charge in [-0.3, -0.25) is 0 Å². The standard InChI is InChI=1S/C19H17IN4OS/c20-17(25-18(24-22)7-4-10-21)12-19-23-15-9-8-14(11-16(15)26-19)13-5-2-1-3-6-13/h1-3,5-6,8-9,11,17H,4,7,12,22H2/b24-18-. The average Bonchev–Trinajstić information content (AvgIpc) is 3.06. The van der Waals surface area contributed by atoms with E-state index in [0.29, 0.717) is 25.2 Å². The van der Waals surface area contributed by atoms with Crippen molar-refractivity contribution >= 4 is 50.0 Å². The van der Waals surface area contributed by atoms with Crippen LogP contribution in [0.2, 0.25) is 0 Å². The van der Waals surface area contributed by atoms with E-state index in [4.69, 9.17) is 20.8 Å². The number of aromatic nitrogens is 1. The Balaban J connectivity index is 1.72. The first-order chi connectivity index (χ1) is 12.7. The van der Waals surface area contributed by atoms with Gasteiger partial charge in [-0.05, 0) is 45.9 Å². The molecule has 2 N–H and O–H groups in total. The maximum Gasteiger partial charge on any atom is 0.207 e.